The van der Waals surface area contributed by atoms with E-state index in [4.69, 9.17) is 39.1 Å². The van der Waals surface area contributed by atoms with Crippen LogP contribution in [0.2, 0.25) is 0 Å². The molecule has 10 atom stereocenters. The molecular formula is H17Na3O37P12. The first-order chi connectivity index (χ1) is 20.8. The molecule has 37 nitrogen and oxygen atoms in total. The van der Waals surface area contributed by atoms with Gasteiger partial charge in [-0.3, -0.25) is 0 Å². The third-order valence-electron chi connectivity index (χ3n) is 2.28. The molecule has 0 aliphatic heterocycles. The molecule has 52 heteroatoms. The molecule has 0 spiro atoms. The van der Waals surface area contributed by atoms with Gasteiger partial charge in [-0.1, -0.05) is 0 Å². The molecule has 0 saturated heterocycles. The molecule has 0 saturated carbocycles. The summed E-state index contributed by atoms with van der Waals surface area (Å²) in [6.07, 6.45) is 0. The number of rotatable bonds is 22. The normalized spacial score (nSPS) is 24.1. The molecule has 0 fully saturated rings. The molecular weight excluding hydrogens is 1030 g/mol. The van der Waals surface area contributed by atoms with Gasteiger partial charge in [0.2, 0.25) is 0 Å². The van der Waals surface area contributed by atoms with Crippen LogP contribution in [-0.2, 0) is 102 Å². The van der Waals surface area contributed by atoms with Crippen molar-refractivity contribution in [2.75, 3.05) is 0 Å². The van der Waals surface area contributed by atoms with Gasteiger partial charge in [0, 0.05) is 0 Å². The summed E-state index contributed by atoms with van der Waals surface area (Å²) in [5.41, 5.74) is 0. The van der Waals surface area contributed by atoms with E-state index in [1.165, 1.54) is 0 Å². The summed E-state index contributed by atoms with van der Waals surface area (Å²) in [6, 6.07) is 0. The van der Waals surface area contributed by atoms with Gasteiger partial charge < -0.3 is 68.5 Å². The first-order valence-electron chi connectivity index (χ1n) is 9.01. The van der Waals surface area contributed by atoms with E-state index in [1.807, 2.05) is 0 Å². The van der Waals surface area contributed by atoms with Crippen molar-refractivity contribution in [1.82, 2.24) is 0 Å². The van der Waals surface area contributed by atoms with E-state index in [2.05, 4.69) is 47.4 Å². The van der Waals surface area contributed by atoms with Crippen molar-refractivity contribution in [1.29, 1.82) is 0 Å². The van der Waals surface area contributed by atoms with Crippen LogP contribution in [0.4, 0.5) is 0 Å². The maximum absolute atomic E-state index is 11.8. The topological polar surface area (TPSA) is 590 Å². The SMILES string of the molecule is O=P(O)(O)OP(=O)(O)OP(=O)(O)OP(=O)(O)OP(=O)(O)OP(=O)(O)OP(=O)(O)OP(=O)(O)OP(=O)(O)OP(=O)(O)OP(=O)(O)OP(=O)(O)O.[NaH].[NaH].[NaH]. The predicted molar refractivity (Wildman–Crippen MR) is 156 cm³/mol. The minimum atomic E-state index is -6.95. The van der Waals surface area contributed by atoms with Crippen LogP contribution in [0.15, 0.2) is 0 Å². The van der Waals surface area contributed by atoms with Gasteiger partial charge in [0.05, 0.1) is 0 Å². The molecule has 0 aromatic rings. The zero-order chi connectivity index (χ0) is 39.8. The summed E-state index contributed by atoms with van der Waals surface area (Å²) >= 11 is 0. The Hall–Kier alpha value is 4.76. The van der Waals surface area contributed by atoms with Gasteiger partial charge in [-0.05, 0) is 0 Å². The molecule has 302 valence electrons. The summed E-state index contributed by atoms with van der Waals surface area (Å²) in [6.45, 7) is 0. The van der Waals surface area contributed by atoms with Gasteiger partial charge >= 0.3 is 183 Å². The Morgan fingerprint density at radius 2 is 0.269 bits per heavy atom. The van der Waals surface area contributed by atoms with Crippen molar-refractivity contribution in [3.63, 3.8) is 0 Å². The maximum atomic E-state index is 11.8. The van der Waals surface area contributed by atoms with Crippen molar-refractivity contribution in [3.8, 4) is 0 Å². The minimum absolute atomic E-state index is 0. The summed E-state index contributed by atoms with van der Waals surface area (Å²) in [7, 11) is -79.5. The zero-order valence-electron chi connectivity index (χ0n) is 21.0. The quantitative estimate of drug-likeness (QED) is 0.0429. The van der Waals surface area contributed by atoms with Gasteiger partial charge in [0.15, 0.2) is 0 Å². The Bertz CT molecular complexity index is 1680. The average Bonchev–Trinajstić information content (AvgIpc) is 2.52. The second-order valence-electron chi connectivity index (χ2n) is 6.56. The molecule has 52 heavy (non-hydrogen) atoms. The fourth-order valence-electron chi connectivity index (χ4n) is 1.59. The van der Waals surface area contributed by atoms with E-state index in [0.717, 1.165) is 0 Å². The van der Waals surface area contributed by atoms with Crippen LogP contribution in [0.3, 0.4) is 0 Å². The zero-order valence-corrected chi connectivity index (χ0v) is 31.8. The first-order valence-corrected chi connectivity index (χ1v) is 27.0. The number of hydrogen-bond acceptors (Lipinski definition) is 23. The van der Waals surface area contributed by atoms with Crippen LogP contribution in [0.5, 0.6) is 0 Å². The van der Waals surface area contributed by atoms with Gasteiger partial charge in [-0.2, -0.15) is 47.4 Å². The van der Waals surface area contributed by atoms with E-state index in [9.17, 15) is 84.1 Å². The summed E-state index contributed by atoms with van der Waals surface area (Å²) in [4.78, 5) is 125. The summed E-state index contributed by atoms with van der Waals surface area (Å²) in [5, 5.41) is 0. The van der Waals surface area contributed by atoms with Crippen LogP contribution in [0.25, 0.3) is 0 Å². The number of phosphoric acid groups is 12. The molecule has 0 amide bonds. The molecule has 0 aliphatic rings. The standard InChI is InChI=1S/3Na.H14O37P12.3H/c;;;1-38(2,3)27-40(7,8)29-42(11,12)31-44(15,16)33-46(19,20)35-48(23,24)37-49(25,26)36-47(21,22)34-45(17,18)32-43(13,14)30-41(9,10)28-39(4,5)6;;;/h;;;(H,7,8)(H,9,10)(H,11,12)(H,13,14)(H,15,16)(H,17,18)(H,19,20)(H,21,22)(H,23,24)(H,25,26)(H2,1,2,3)(H2,4,5,6);;;. The predicted octanol–water partition coefficient (Wildman–Crippen LogP) is -1.59. The Morgan fingerprint density at radius 3 is 0.346 bits per heavy atom. The molecule has 0 bridgehead atoms. The van der Waals surface area contributed by atoms with Crippen LogP contribution in [0, 0.1) is 0 Å². The molecule has 14 N–H and O–H groups in total. The molecule has 0 aromatic heterocycles. The molecule has 0 heterocycles. The fraction of sp³-hybridized carbons (Fsp3) is 0. The van der Waals surface area contributed by atoms with Gasteiger partial charge in [-0.25, -0.2) is 54.8 Å². The first kappa shape index (κ1) is 63.4. The average molecular weight is 1050 g/mol. The Labute approximate surface area is 350 Å². The number of hydrogen-bond donors (Lipinski definition) is 14. The molecule has 10 unspecified atom stereocenters. The van der Waals surface area contributed by atoms with Crippen molar-refractivity contribution >= 4 is 183 Å². The Balaban J connectivity index is -0.00000384. The van der Waals surface area contributed by atoms with E-state index < -0.39 is 93.9 Å². The summed E-state index contributed by atoms with van der Waals surface area (Å²) < 4.78 is 171. The Morgan fingerprint density at radius 1 is 0.192 bits per heavy atom. The molecule has 0 rings (SSSR count). The van der Waals surface area contributed by atoms with E-state index in [0.29, 0.717) is 0 Å². The molecule has 0 aliphatic carbocycles. The molecule has 0 radical (unpaired) electrons. The van der Waals surface area contributed by atoms with Crippen LogP contribution < -0.4 is 0 Å². The van der Waals surface area contributed by atoms with E-state index in [-0.39, 0.29) is 88.7 Å². The second kappa shape index (κ2) is 21.7. The van der Waals surface area contributed by atoms with Crippen molar-refractivity contribution < 1.29 is 171 Å². The van der Waals surface area contributed by atoms with Crippen LogP contribution >= 0.6 is 93.9 Å². The Kier molecular flexibility index (Phi) is 26.5. The summed E-state index contributed by atoms with van der Waals surface area (Å²) in [5.74, 6) is 0. The van der Waals surface area contributed by atoms with Crippen molar-refractivity contribution in [2.45, 2.75) is 0 Å². The third kappa shape index (κ3) is 31.6. The molecule has 0 aromatic carbocycles. The van der Waals surface area contributed by atoms with E-state index in [1.54, 1.807) is 0 Å². The monoisotopic (exact) mass is 1050 g/mol. The van der Waals surface area contributed by atoms with Gasteiger partial charge in [-0.15, -0.1) is 0 Å². The van der Waals surface area contributed by atoms with Crippen molar-refractivity contribution in [2.24, 2.45) is 0 Å². The van der Waals surface area contributed by atoms with Crippen molar-refractivity contribution in [3.05, 3.63) is 0 Å². The van der Waals surface area contributed by atoms with Gasteiger partial charge in [0.1, 0.15) is 0 Å². The third-order valence-corrected chi connectivity index (χ3v) is 20.5. The van der Waals surface area contributed by atoms with E-state index >= 15 is 0 Å². The fourth-order valence-corrected chi connectivity index (χ4v) is 17.0. The van der Waals surface area contributed by atoms with Crippen LogP contribution in [0.1, 0.15) is 0 Å². The van der Waals surface area contributed by atoms with Crippen LogP contribution in [-0.4, -0.2) is 157 Å². The second-order valence-corrected chi connectivity index (χ2v) is 25.1. The van der Waals surface area contributed by atoms with Gasteiger partial charge in [0.25, 0.3) is 0 Å².